The van der Waals surface area contributed by atoms with Crippen molar-refractivity contribution in [1.82, 2.24) is 0 Å². The Hall–Kier alpha value is -2.63. The average molecular weight is 940 g/mol. The van der Waals surface area contributed by atoms with Gasteiger partial charge >= 0.3 is 17.9 Å². The Morgan fingerprint density at radius 3 is 0.910 bits per heavy atom. The van der Waals surface area contributed by atoms with Crippen LogP contribution in [0.2, 0.25) is 0 Å². The molecule has 0 heterocycles. The maximum absolute atomic E-state index is 12.9. The van der Waals surface area contributed by atoms with E-state index in [1.165, 1.54) is 193 Å². The van der Waals surface area contributed by atoms with Crippen molar-refractivity contribution in [2.45, 2.75) is 309 Å². The van der Waals surface area contributed by atoms with Crippen LogP contribution in [0.5, 0.6) is 0 Å². The lowest BCUT2D eigenvalue weighted by Crippen LogP contribution is -2.30. The molecule has 0 radical (unpaired) electrons. The predicted molar refractivity (Wildman–Crippen MR) is 289 cm³/mol. The van der Waals surface area contributed by atoms with Gasteiger partial charge in [-0.15, -0.1) is 0 Å². The van der Waals surface area contributed by atoms with Crippen LogP contribution in [0.1, 0.15) is 303 Å². The van der Waals surface area contributed by atoms with Crippen LogP contribution in [0.3, 0.4) is 0 Å². The zero-order valence-electron chi connectivity index (χ0n) is 44.7. The van der Waals surface area contributed by atoms with Gasteiger partial charge in [0, 0.05) is 19.3 Å². The van der Waals surface area contributed by atoms with Crippen molar-refractivity contribution in [3.63, 3.8) is 0 Å². The molecule has 0 aromatic carbocycles. The Kier molecular flexibility index (Phi) is 53.8. The van der Waals surface area contributed by atoms with E-state index in [0.717, 1.165) is 70.6 Å². The van der Waals surface area contributed by atoms with Crippen LogP contribution >= 0.6 is 0 Å². The first-order chi connectivity index (χ1) is 33.0. The summed E-state index contributed by atoms with van der Waals surface area (Å²) in [5.41, 5.74) is 0. The molecule has 1 atom stereocenters. The fraction of sp³-hybridized carbons (Fsp3) is 0.820. The van der Waals surface area contributed by atoms with Crippen LogP contribution in [-0.2, 0) is 28.6 Å². The molecule has 0 aromatic rings. The Balaban J connectivity index is 4.34. The van der Waals surface area contributed by atoms with E-state index in [9.17, 15) is 14.4 Å². The molecule has 0 aliphatic carbocycles. The molecule has 0 aromatic heterocycles. The van der Waals surface area contributed by atoms with Crippen molar-refractivity contribution in [3.05, 3.63) is 48.6 Å². The minimum absolute atomic E-state index is 0.0813. The summed E-state index contributed by atoms with van der Waals surface area (Å²) in [5, 5.41) is 0. The largest absolute Gasteiger partial charge is 0.462 e. The smallest absolute Gasteiger partial charge is 0.306 e. The second kappa shape index (κ2) is 56.0. The fourth-order valence-electron chi connectivity index (χ4n) is 8.57. The third kappa shape index (κ3) is 54.2. The molecule has 0 amide bonds. The minimum atomic E-state index is -0.785. The predicted octanol–water partition coefficient (Wildman–Crippen LogP) is 19.4. The van der Waals surface area contributed by atoms with E-state index in [4.69, 9.17) is 14.2 Å². The van der Waals surface area contributed by atoms with Gasteiger partial charge in [0.25, 0.3) is 0 Å². The molecule has 67 heavy (non-hydrogen) atoms. The highest BCUT2D eigenvalue weighted by Gasteiger charge is 2.19. The van der Waals surface area contributed by atoms with E-state index < -0.39 is 6.10 Å². The monoisotopic (exact) mass is 939 g/mol. The molecule has 390 valence electrons. The molecule has 0 rings (SSSR count). The summed E-state index contributed by atoms with van der Waals surface area (Å²) < 4.78 is 16.8. The molecular formula is C61H110O6. The van der Waals surface area contributed by atoms with Gasteiger partial charge in [-0.05, 0) is 38.5 Å². The normalized spacial score (nSPS) is 12.3. The SMILES string of the molecule is CC\C=C/C=C\C=C/C=C\CCCCCC(=O)OCC(COC(=O)CCCCCCCCCCCCCCCCCCCC)OC(=O)CCCCCCCCCCCCCCCCCCCC. The summed E-state index contributed by atoms with van der Waals surface area (Å²) in [6.07, 6.45) is 68.2. The van der Waals surface area contributed by atoms with Crippen LogP contribution in [0.25, 0.3) is 0 Å². The molecule has 1 unspecified atom stereocenters. The van der Waals surface area contributed by atoms with Gasteiger partial charge < -0.3 is 14.2 Å². The van der Waals surface area contributed by atoms with Gasteiger partial charge in [-0.2, -0.15) is 0 Å². The first-order valence-corrected chi connectivity index (χ1v) is 29.2. The first kappa shape index (κ1) is 64.4. The van der Waals surface area contributed by atoms with Gasteiger partial charge in [-0.25, -0.2) is 0 Å². The summed E-state index contributed by atoms with van der Waals surface area (Å²) in [5.74, 6) is -0.904. The zero-order chi connectivity index (χ0) is 48.6. The molecule has 6 heteroatoms. The lowest BCUT2D eigenvalue weighted by atomic mass is 10.0. The highest BCUT2D eigenvalue weighted by Crippen LogP contribution is 2.17. The topological polar surface area (TPSA) is 78.9 Å². The van der Waals surface area contributed by atoms with Crippen molar-refractivity contribution in [2.75, 3.05) is 13.2 Å². The van der Waals surface area contributed by atoms with Crippen LogP contribution < -0.4 is 0 Å². The Morgan fingerprint density at radius 1 is 0.313 bits per heavy atom. The number of ether oxygens (including phenoxy) is 3. The van der Waals surface area contributed by atoms with Crippen molar-refractivity contribution in [2.24, 2.45) is 0 Å². The average Bonchev–Trinajstić information content (AvgIpc) is 3.33. The van der Waals surface area contributed by atoms with Gasteiger partial charge in [-0.3, -0.25) is 14.4 Å². The van der Waals surface area contributed by atoms with E-state index in [-0.39, 0.29) is 31.1 Å². The third-order valence-electron chi connectivity index (χ3n) is 12.9. The first-order valence-electron chi connectivity index (χ1n) is 29.2. The second-order valence-electron chi connectivity index (χ2n) is 19.6. The molecule has 6 nitrogen and oxygen atoms in total. The van der Waals surface area contributed by atoms with Crippen LogP contribution in [0, 0.1) is 0 Å². The molecule has 0 spiro atoms. The number of hydrogen-bond donors (Lipinski definition) is 0. The number of unbranched alkanes of at least 4 members (excludes halogenated alkanes) is 37. The highest BCUT2D eigenvalue weighted by atomic mass is 16.6. The van der Waals surface area contributed by atoms with Gasteiger partial charge in [0.2, 0.25) is 0 Å². The highest BCUT2D eigenvalue weighted by molar-refractivity contribution is 5.71. The van der Waals surface area contributed by atoms with Gasteiger partial charge in [0.05, 0.1) is 0 Å². The number of carbonyl (C=O) groups excluding carboxylic acids is 3. The standard InChI is InChI=1S/C61H110O6/c1-4-7-10-13-16-19-22-25-27-29-31-33-36-39-42-45-48-51-54-60(63)66-57-58(56-65-59(62)53-50-47-44-41-38-35-24-21-18-15-12-9-6-3)67-61(64)55-52-49-46-43-40-37-34-32-30-28-26-23-20-17-14-11-8-5-2/h9,12,15,18,21,24,35,38,58H,4-8,10-11,13-14,16-17,19-20,22-23,25-34,36-37,39-57H2,1-3H3/b12-9-,18-15-,24-21-,38-35-. The minimum Gasteiger partial charge on any atom is -0.462 e. The Morgan fingerprint density at radius 2 is 0.582 bits per heavy atom. The summed E-state index contributed by atoms with van der Waals surface area (Å²) in [6.45, 7) is 6.51. The van der Waals surface area contributed by atoms with Crippen molar-refractivity contribution in [3.8, 4) is 0 Å². The Labute approximate surface area is 416 Å². The number of carbonyl (C=O) groups is 3. The number of allylic oxidation sites excluding steroid dienone is 8. The molecule has 0 bridgehead atoms. The van der Waals surface area contributed by atoms with Crippen molar-refractivity contribution < 1.29 is 28.6 Å². The summed E-state index contributed by atoms with van der Waals surface area (Å²) in [7, 11) is 0. The lowest BCUT2D eigenvalue weighted by molar-refractivity contribution is -0.167. The lowest BCUT2D eigenvalue weighted by Gasteiger charge is -2.18. The van der Waals surface area contributed by atoms with E-state index >= 15 is 0 Å². The van der Waals surface area contributed by atoms with Gasteiger partial charge in [0.1, 0.15) is 13.2 Å². The Bertz CT molecular complexity index is 1170. The molecule has 0 aliphatic rings. The van der Waals surface area contributed by atoms with Crippen LogP contribution in [0.4, 0.5) is 0 Å². The molecular weight excluding hydrogens is 829 g/mol. The fourth-order valence-corrected chi connectivity index (χ4v) is 8.57. The molecule has 0 fully saturated rings. The summed E-state index contributed by atoms with van der Waals surface area (Å²) in [4.78, 5) is 38.1. The van der Waals surface area contributed by atoms with E-state index in [1.54, 1.807) is 0 Å². The van der Waals surface area contributed by atoms with Gasteiger partial charge in [-0.1, -0.05) is 294 Å². The van der Waals surface area contributed by atoms with Crippen LogP contribution in [-0.4, -0.2) is 37.2 Å². The maximum Gasteiger partial charge on any atom is 0.306 e. The van der Waals surface area contributed by atoms with Crippen molar-refractivity contribution >= 4 is 17.9 Å². The van der Waals surface area contributed by atoms with E-state index in [1.807, 2.05) is 30.4 Å². The van der Waals surface area contributed by atoms with Gasteiger partial charge in [0.15, 0.2) is 6.10 Å². The second-order valence-corrected chi connectivity index (χ2v) is 19.6. The quantitative estimate of drug-likeness (QED) is 0.0262. The summed E-state index contributed by atoms with van der Waals surface area (Å²) >= 11 is 0. The van der Waals surface area contributed by atoms with E-state index in [0.29, 0.717) is 19.3 Å². The number of rotatable bonds is 53. The van der Waals surface area contributed by atoms with E-state index in [2.05, 4.69) is 39.0 Å². The molecule has 0 aliphatic heterocycles. The van der Waals surface area contributed by atoms with Crippen molar-refractivity contribution in [1.29, 1.82) is 0 Å². The number of esters is 3. The molecule has 0 N–H and O–H groups in total. The third-order valence-corrected chi connectivity index (χ3v) is 12.9. The summed E-state index contributed by atoms with van der Waals surface area (Å²) in [6, 6.07) is 0. The van der Waals surface area contributed by atoms with Crippen LogP contribution in [0.15, 0.2) is 48.6 Å². The zero-order valence-corrected chi connectivity index (χ0v) is 44.7. The number of hydrogen-bond acceptors (Lipinski definition) is 6. The molecule has 0 saturated carbocycles. The molecule has 0 saturated heterocycles. The maximum atomic E-state index is 12.9.